The first-order valence-corrected chi connectivity index (χ1v) is 6.48. The first kappa shape index (κ1) is 13.9. The van der Waals surface area contributed by atoms with Crippen molar-refractivity contribution in [3.8, 4) is 5.75 Å². The van der Waals surface area contributed by atoms with Crippen LogP contribution in [0.3, 0.4) is 0 Å². The number of benzene rings is 2. The number of carbonyl (C=O) groups is 1. The van der Waals surface area contributed by atoms with Crippen LogP contribution >= 0.6 is 0 Å². The van der Waals surface area contributed by atoms with Crippen LogP contribution in [0.2, 0.25) is 0 Å². The third kappa shape index (κ3) is 3.09. The van der Waals surface area contributed by atoms with Crippen molar-refractivity contribution >= 4 is 17.3 Å². The minimum absolute atomic E-state index is 0.176. The zero-order valence-corrected chi connectivity index (χ0v) is 11.6. The van der Waals surface area contributed by atoms with Crippen LogP contribution in [-0.2, 0) is 6.42 Å². The molecule has 4 heteroatoms. The fourth-order valence-corrected chi connectivity index (χ4v) is 1.87. The fourth-order valence-electron chi connectivity index (χ4n) is 1.87. The summed E-state index contributed by atoms with van der Waals surface area (Å²) in [6.07, 6.45) is 0.952. The molecule has 0 unspecified atom stereocenters. The molecule has 2 aromatic rings. The molecule has 20 heavy (non-hydrogen) atoms. The van der Waals surface area contributed by atoms with Gasteiger partial charge >= 0.3 is 0 Å². The predicted octanol–water partition coefficient (Wildman–Crippen LogP) is 3.09. The van der Waals surface area contributed by atoms with E-state index in [0.29, 0.717) is 22.7 Å². The van der Waals surface area contributed by atoms with Crippen LogP contribution in [0.1, 0.15) is 22.8 Å². The topological polar surface area (TPSA) is 64.3 Å². The molecule has 0 fully saturated rings. The average molecular weight is 270 g/mol. The largest absolute Gasteiger partial charge is 0.497 e. The van der Waals surface area contributed by atoms with Gasteiger partial charge in [-0.3, -0.25) is 4.79 Å². The summed E-state index contributed by atoms with van der Waals surface area (Å²) in [4.78, 5) is 12.1. The summed E-state index contributed by atoms with van der Waals surface area (Å²) in [5, 5.41) is 2.80. The number of anilines is 2. The van der Waals surface area contributed by atoms with Crippen LogP contribution in [0.5, 0.6) is 5.75 Å². The Labute approximate surface area is 118 Å². The summed E-state index contributed by atoms with van der Waals surface area (Å²) in [7, 11) is 1.57. The number of nitrogens with one attached hydrogen (secondary N) is 1. The lowest BCUT2D eigenvalue weighted by atomic mass is 10.1. The maximum Gasteiger partial charge on any atom is 0.255 e. The van der Waals surface area contributed by atoms with E-state index in [2.05, 4.69) is 12.2 Å². The highest BCUT2D eigenvalue weighted by Gasteiger charge is 2.08. The summed E-state index contributed by atoms with van der Waals surface area (Å²) in [6.45, 7) is 2.08. The lowest BCUT2D eigenvalue weighted by Crippen LogP contribution is -2.13. The Bertz CT molecular complexity index is 606. The Balaban J connectivity index is 2.14. The second-order valence-corrected chi connectivity index (χ2v) is 4.46. The molecule has 0 saturated heterocycles. The van der Waals surface area contributed by atoms with E-state index in [1.165, 1.54) is 5.56 Å². The Morgan fingerprint density at radius 3 is 2.45 bits per heavy atom. The number of nitrogens with two attached hydrogens (primary N) is 1. The zero-order chi connectivity index (χ0) is 14.5. The molecule has 3 N–H and O–H groups in total. The quantitative estimate of drug-likeness (QED) is 0.839. The summed E-state index contributed by atoms with van der Waals surface area (Å²) < 4.78 is 5.07. The molecule has 0 atom stereocenters. The Hall–Kier alpha value is -2.49. The van der Waals surface area contributed by atoms with Gasteiger partial charge in [-0.1, -0.05) is 19.1 Å². The van der Waals surface area contributed by atoms with Crippen molar-refractivity contribution in [2.75, 3.05) is 18.2 Å². The fraction of sp³-hybridized carbons (Fsp3) is 0.188. The van der Waals surface area contributed by atoms with Crippen LogP contribution in [0, 0.1) is 0 Å². The number of rotatable bonds is 4. The molecular formula is C16H18N2O2. The molecule has 0 saturated carbocycles. The number of hydrogen-bond acceptors (Lipinski definition) is 3. The first-order valence-electron chi connectivity index (χ1n) is 6.48. The van der Waals surface area contributed by atoms with Gasteiger partial charge in [-0.05, 0) is 36.2 Å². The number of nitrogen functional groups attached to an aromatic ring is 1. The molecule has 2 rings (SSSR count). The van der Waals surface area contributed by atoms with Crippen LogP contribution < -0.4 is 15.8 Å². The highest BCUT2D eigenvalue weighted by atomic mass is 16.5. The molecular weight excluding hydrogens is 252 g/mol. The summed E-state index contributed by atoms with van der Waals surface area (Å²) in [5.74, 6) is 0.484. The van der Waals surface area contributed by atoms with Crippen LogP contribution in [0.15, 0.2) is 42.5 Å². The SMILES string of the molecule is CCc1ccc(C(=O)Nc2ccc(OC)cc2N)cc1. The van der Waals surface area contributed by atoms with E-state index < -0.39 is 0 Å². The van der Waals surface area contributed by atoms with Crippen molar-refractivity contribution in [2.45, 2.75) is 13.3 Å². The zero-order valence-electron chi connectivity index (χ0n) is 11.6. The molecule has 0 aliphatic carbocycles. The molecule has 2 aromatic carbocycles. The minimum atomic E-state index is -0.176. The van der Waals surface area contributed by atoms with E-state index in [1.807, 2.05) is 24.3 Å². The number of carbonyl (C=O) groups excluding carboxylic acids is 1. The number of amides is 1. The molecule has 4 nitrogen and oxygen atoms in total. The monoisotopic (exact) mass is 270 g/mol. The standard InChI is InChI=1S/C16H18N2O2/c1-3-11-4-6-12(7-5-11)16(19)18-15-9-8-13(20-2)10-14(15)17/h4-10H,3,17H2,1-2H3,(H,18,19). The number of aryl methyl sites for hydroxylation is 1. The van der Waals surface area contributed by atoms with Gasteiger partial charge in [0.2, 0.25) is 0 Å². The second-order valence-electron chi connectivity index (χ2n) is 4.46. The Morgan fingerprint density at radius 2 is 1.90 bits per heavy atom. The van der Waals surface area contributed by atoms with E-state index in [-0.39, 0.29) is 5.91 Å². The van der Waals surface area contributed by atoms with Gasteiger partial charge in [0.25, 0.3) is 5.91 Å². The van der Waals surface area contributed by atoms with E-state index in [1.54, 1.807) is 25.3 Å². The lowest BCUT2D eigenvalue weighted by molar-refractivity contribution is 0.102. The van der Waals surface area contributed by atoms with E-state index >= 15 is 0 Å². The van der Waals surface area contributed by atoms with Gasteiger partial charge in [-0.15, -0.1) is 0 Å². The Kier molecular flexibility index (Phi) is 4.25. The molecule has 104 valence electrons. The van der Waals surface area contributed by atoms with Crippen LogP contribution in [0.25, 0.3) is 0 Å². The number of hydrogen-bond donors (Lipinski definition) is 2. The van der Waals surface area contributed by atoms with Gasteiger partial charge in [0.15, 0.2) is 0 Å². The molecule has 0 radical (unpaired) electrons. The van der Waals surface area contributed by atoms with E-state index in [4.69, 9.17) is 10.5 Å². The molecule has 0 heterocycles. The predicted molar refractivity (Wildman–Crippen MR) is 81.2 cm³/mol. The highest BCUT2D eigenvalue weighted by molar-refractivity contribution is 6.05. The van der Waals surface area contributed by atoms with Crippen molar-refractivity contribution in [1.29, 1.82) is 0 Å². The number of methoxy groups -OCH3 is 1. The second kappa shape index (κ2) is 6.10. The van der Waals surface area contributed by atoms with Crippen LogP contribution in [0.4, 0.5) is 11.4 Å². The maximum atomic E-state index is 12.1. The van der Waals surface area contributed by atoms with E-state index in [9.17, 15) is 4.79 Å². The number of ether oxygens (including phenoxy) is 1. The Morgan fingerprint density at radius 1 is 1.20 bits per heavy atom. The maximum absolute atomic E-state index is 12.1. The third-order valence-electron chi connectivity index (χ3n) is 3.13. The molecule has 0 aromatic heterocycles. The van der Waals surface area contributed by atoms with Gasteiger partial charge in [0.05, 0.1) is 18.5 Å². The summed E-state index contributed by atoms with van der Waals surface area (Å²) in [6, 6.07) is 12.7. The highest BCUT2D eigenvalue weighted by Crippen LogP contribution is 2.24. The van der Waals surface area contributed by atoms with Crippen molar-refractivity contribution in [3.05, 3.63) is 53.6 Å². The van der Waals surface area contributed by atoms with Crippen molar-refractivity contribution in [3.63, 3.8) is 0 Å². The van der Waals surface area contributed by atoms with E-state index in [0.717, 1.165) is 6.42 Å². The molecule has 0 aliphatic heterocycles. The minimum Gasteiger partial charge on any atom is -0.497 e. The average Bonchev–Trinajstić information content (AvgIpc) is 2.49. The summed E-state index contributed by atoms with van der Waals surface area (Å²) >= 11 is 0. The van der Waals surface area contributed by atoms with Gasteiger partial charge in [0, 0.05) is 11.6 Å². The summed E-state index contributed by atoms with van der Waals surface area (Å²) in [5.41, 5.74) is 8.74. The smallest absolute Gasteiger partial charge is 0.255 e. The van der Waals surface area contributed by atoms with Gasteiger partial charge in [-0.25, -0.2) is 0 Å². The van der Waals surface area contributed by atoms with Crippen molar-refractivity contribution in [1.82, 2.24) is 0 Å². The lowest BCUT2D eigenvalue weighted by Gasteiger charge is -2.10. The normalized spacial score (nSPS) is 10.1. The van der Waals surface area contributed by atoms with Gasteiger partial charge < -0.3 is 15.8 Å². The first-order chi connectivity index (χ1) is 9.63. The van der Waals surface area contributed by atoms with Crippen LogP contribution in [-0.4, -0.2) is 13.0 Å². The van der Waals surface area contributed by atoms with Crippen molar-refractivity contribution in [2.24, 2.45) is 0 Å². The molecule has 0 spiro atoms. The molecule has 1 amide bonds. The van der Waals surface area contributed by atoms with Gasteiger partial charge in [0.1, 0.15) is 5.75 Å². The van der Waals surface area contributed by atoms with Crippen molar-refractivity contribution < 1.29 is 9.53 Å². The van der Waals surface area contributed by atoms with Gasteiger partial charge in [-0.2, -0.15) is 0 Å². The molecule has 0 bridgehead atoms. The molecule has 0 aliphatic rings. The third-order valence-corrected chi connectivity index (χ3v) is 3.13.